The van der Waals surface area contributed by atoms with Crippen molar-refractivity contribution in [3.63, 3.8) is 0 Å². The normalized spacial score (nSPS) is 23.0. The molecule has 156 valence electrons. The van der Waals surface area contributed by atoms with E-state index < -0.39 is 5.41 Å². The Bertz CT molecular complexity index is 1090. The minimum absolute atomic E-state index is 0.00678. The predicted molar refractivity (Wildman–Crippen MR) is 123 cm³/mol. The number of hydrogen-bond donors (Lipinski definition) is 0. The molecule has 31 heavy (non-hydrogen) atoms. The van der Waals surface area contributed by atoms with Crippen LogP contribution in [0.1, 0.15) is 48.7 Å². The smallest absolute Gasteiger partial charge is 0.200 e. The molecule has 0 bridgehead atoms. The van der Waals surface area contributed by atoms with Gasteiger partial charge in [-0.15, -0.1) is 0 Å². The fraction of sp³-hybridized carbons (Fsp3) is 0.259. The van der Waals surface area contributed by atoms with Crippen LogP contribution in [0, 0.1) is 5.41 Å². The van der Waals surface area contributed by atoms with Gasteiger partial charge in [-0.1, -0.05) is 91.0 Å². The van der Waals surface area contributed by atoms with Crippen LogP contribution in [-0.4, -0.2) is 18.4 Å². The third-order valence-corrected chi connectivity index (χ3v) is 5.96. The van der Waals surface area contributed by atoms with Gasteiger partial charge in [-0.25, -0.2) is 9.98 Å². The Labute approximate surface area is 183 Å². The zero-order valence-electron chi connectivity index (χ0n) is 17.8. The van der Waals surface area contributed by atoms with Crippen molar-refractivity contribution in [2.24, 2.45) is 15.4 Å². The van der Waals surface area contributed by atoms with Gasteiger partial charge in [-0.3, -0.25) is 0 Å². The van der Waals surface area contributed by atoms with Crippen molar-refractivity contribution in [1.29, 1.82) is 0 Å². The Balaban J connectivity index is 1.47. The molecule has 0 aromatic heterocycles. The number of aliphatic imine (C=N–C) groups is 2. The molecule has 4 heteroatoms. The fourth-order valence-electron chi connectivity index (χ4n) is 4.16. The SMILES string of the molecule is CC(C)(C1=N[C@@H](c2ccccc2)CO1)C1=N[C@@H](c2ccccc2)[C@@H](c2ccccc2)O1. The Hall–Kier alpha value is -3.40. The number of hydrogen-bond acceptors (Lipinski definition) is 4. The summed E-state index contributed by atoms with van der Waals surface area (Å²) in [5.41, 5.74) is 2.85. The van der Waals surface area contributed by atoms with Crippen molar-refractivity contribution in [2.75, 3.05) is 6.61 Å². The number of benzene rings is 3. The Kier molecular flexibility index (Phi) is 5.06. The largest absolute Gasteiger partial charge is 0.478 e. The van der Waals surface area contributed by atoms with E-state index in [9.17, 15) is 0 Å². The topological polar surface area (TPSA) is 43.2 Å². The van der Waals surface area contributed by atoms with Gasteiger partial charge in [0.1, 0.15) is 24.1 Å². The molecule has 0 amide bonds. The highest BCUT2D eigenvalue weighted by Gasteiger charge is 2.45. The first-order valence-corrected chi connectivity index (χ1v) is 10.7. The summed E-state index contributed by atoms with van der Waals surface area (Å²) in [7, 11) is 0. The first-order valence-electron chi connectivity index (χ1n) is 10.7. The van der Waals surface area contributed by atoms with E-state index in [1.165, 1.54) is 0 Å². The van der Waals surface area contributed by atoms with E-state index in [-0.39, 0.29) is 18.2 Å². The van der Waals surface area contributed by atoms with Gasteiger partial charge >= 0.3 is 0 Å². The Morgan fingerprint density at radius 1 is 0.677 bits per heavy atom. The third kappa shape index (κ3) is 3.74. The summed E-state index contributed by atoms with van der Waals surface area (Å²) in [6.45, 7) is 4.70. The molecule has 2 aliphatic rings. The summed E-state index contributed by atoms with van der Waals surface area (Å²) in [5, 5.41) is 0. The van der Waals surface area contributed by atoms with Crippen molar-refractivity contribution in [1.82, 2.24) is 0 Å². The molecular formula is C27H26N2O2. The maximum atomic E-state index is 6.52. The minimum atomic E-state index is -0.555. The van der Waals surface area contributed by atoms with Gasteiger partial charge in [0.2, 0.25) is 0 Å². The molecule has 3 aromatic rings. The lowest BCUT2D eigenvalue weighted by molar-refractivity contribution is 0.178. The maximum Gasteiger partial charge on any atom is 0.200 e. The summed E-state index contributed by atoms with van der Waals surface area (Å²) >= 11 is 0. The van der Waals surface area contributed by atoms with Crippen LogP contribution < -0.4 is 0 Å². The molecule has 3 atom stereocenters. The van der Waals surface area contributed by atoms with Gasteiger partial charge in [-0.05, 0) is 30.5 Å². The highest BCUT2D eigenvalue weighted by Crippen LogP contribution is 2.44. The standard InChI is InChI=1S/C27H26N2O2/c1-27(2,25-28-22(18-30-25)19-12-6-3-7-13-19)26-29-23(20-14-8-4-9-15-20)24(31-26)21-16-10-5-11-17-21/h3-17,22-24H,18H2,1-2H3/t22-,23+,24-/m1/s1. The lowest BCUT2D eigenvalue weighted by Crippen LogP contribution is -2.34. The van der Waals surface area contributed by atoms with Crippen LogP contribution in [0.4, 0.5) is 0 Å². The molecule has 0 N–H and O–H groups in total. The average molecular weight is 411 g/mol. The van der Waals surface area contributed by atoms with Crippen molar-refractivity contribution in [3.05, 3.63) is 108 Å². The fourth-order valence-corrected chi connectivity index (χ4v) is 4.16. The maximum absolute atomic E-state index is 6.52. The second-order valence-corrected chi connectivity index (χ2v) is 8.54. The molecule has 0 saturated carbocycles. The first-order chi connectivity index (χ1) is 15.1. The highest BCUT2D eigenvalue weighted by molar-refractivity contribution is 6.05. The summed E-state index contributed by atoms with van der Waals surface area (Å²) < 4.78 is 12.6. The molecule has 5 rings (SSSR count). The predicted octanol–water partition coefficient (Wildman–Crippen LogP) is 6.09. The zero-order chi connectivity index (χ0) is 21.3. The summed E-state index contributed by atoms with van der Waals surface area (Å²) in [6.07, 6.45) is -0.176. The van der Waals surface area contributed by atoms with Gasteiger partial charge in [0.05, 0.1) is 0 Å². The lowest BCUT2D eigenvalue weighted by atomic mass is 9.93. The molecule has 0 unspecified atom stereocenters. The van der Waals surface area contributed by atoms with Crippen molar-refractivity contribution < 1.29 is 9.47 Å². The van der Waals surface area contributed by atoms with Crippen LogP contribution in [0.2, 0.25) is 0 Å². The van der Waals surface area contributed by atoms with Gasteiger partial charge in [0.25, 0.3) is 0 Å². The number of nitrogens with zero attached hydrogens (tertiary/aromatic N) is 2. The Morgan fingerprint density at radius 2 is 1.23 bits per heavy atom. The van der Waals surface area contributed by atoms with Crippen LogP contribution in [0.3, 0.4) is 0 Å². The molecule has 3 aromatic carbocycles. The monoisotopic (exact) mass is 410 g/mol. The molecule has 0 radical (unpaired) electrons. The van der Waals surface area contributed by atoms with E-state index in [0.29, 0.717) is 18.4 Å². The Morgan fingerprint density at radius 3 is 1.84 bits per heavy atom. The van der Waals surface area contributed by atoms with Crippen molar-refractivity contribution in [2.45, 2.75) is 32.0 Å². The highest BCUT2D eigenvalue weighted by atomic mass is 16.5. The van der Waals surface area contributed by atoms with E-state index in [1.54, 1.807) is 0 Å². The zero-order valence-corrected chi connectivity index (χ0v) is 17.8. The quantitative estimate of drug-likeness (QED) is 0.510. The molecule has 2 aliphatic heterocycles. The van der Waals surface area contributed by atoms with E-state index >= 15 is 0 Å². The molecule has 0 spiro atoms. The second-order valence-electron chi connectivity index (χ2n) is 8.54. The van der Waals surface area contributed by atoms with E-state index in [4.69, 9.17) is 19.5 Å². The second kappa shape index (κ2) is 8.03. The summed E-state index contributed by atoms with van der Waals surface area (Å²) in [5.74, 6) is 1.35. The van der Waals surface area contributed by atoms with E-state index in [2.05, 4.69) is 50.2 Å². The van der Waals surface area contributed by atoms with Crippen molar-refractivity contribution >= 4 is 11.8 Å². The molecule has 0 fully saturated rings. The van der Waals surface area contributed by atoms with Crippen molar-refractivity contribution in [3.8, 4) is 0 Å². The van der Waals surface area contributed by atoms with E-state index in [0.717, 1.165) is 16.7 Å². The molecule has 4 nitrogen and oxygen atoms in total. The van der Waals surface area contributed by atoms with Crippen LogP contribution in [0.5, 0.6) is 0 Å². The molecule has 0 aliphatic carbocycles. The lowest BCUT2D eigenvalue weighted by Gasteiger charge is -2.24. The number of ether oxygens (including phenoxy) is 2. The van der Waals surface area contributed by atoms with Crippen LogP contribution >= 0.6 is 0 Å². The van der Waals surface area contributed by atoms with Crippen LogP contribution in [-0.2, 0) is 9.47 Å². The average Bonchev–Trinajstić information content (AvgIpc) is 3.50. The van der Waals surface area contributed by atoms with Gasteiger partial charge in [-0.2, -0.15) is 0 Å². The number of rotatable bonds is 5. The molecule has 0 saturated heterocycles. The van der Waals surface area contributed by atoms with Crippen LogP contribution in [0.25, 0.3) is 0 Å². The minimum Gasteiger partial charge on any atom is -0.478 e. The van der Waals surface area contributed by atoms with Gasteiger partial charge in [0, 0.05) is 0 Å². The molecular weight excluding hydrogens is 384 g/mol. The first kappa shape index (κ1) is 19.6. The van der Waals surface area contributed by atoms with E-state index in [1.807, 2.05) is 54.6 Å². The van der Waals surface area contributed by atoms with Gasteiger partial charge < -0.3 is 9.47 Å². The van der Waals surface area contributed by atoms with Crippen LogP contribution in [0.15, 0.2) is 101 Å². The van der Waals surface area contributed by atoms with Gasteiger partial charge in [0.15, 0.2) is 17.9 Å². The summed E-state index contributed by atoms with van der Waals surface area (Å²) in [6, 6.07) is 30.8. The summed E-state index contributed by atoms with van der Waals surface area (Å²) in [4.78, 5) is 9.97. The third-order valence-electron chi connectivity index (χ3n) is 5.96. The molecule has 2 heterocycles.